The Morgan fingerprint density at radius 1 is 1.00 bits per heavy atom. The van der Waals surface area contributed by atoms with Crippen molar-refractivity contribution in [3.63, 3.8) is 0 Å². The zero-order valence-corrected chi connectivity index (χ0v) is 15.9. The van der Waals surface area contributed by atoms with Crippen molar-refractivity contribution in [3.05, 3.63) is 23.8 Å². The van der Waals surface area contributed by atoms with Gasteiger partial charge in [0.2, 0.25) is 0 Å². The van der Waals surface area contributed by atoms with Gasteiger partial charge >= 0.3 is 0 Å². The van der Waals surface area contributed by atoms with Gasteiger partial charge in [-0.05, 0) is 63.5 Å². The smallest absolute Gasteiger partial charge is 0.160 e. The second-order valence-corrected chi connectivity index (χ2v) is 7.31. The van der Waals surface area contributed by atoms with Gasteiger partial charge in [0.25, 0.3) is 0 Å². The van der Waals surface area contributed by atoms with Crippen LogP contribution in [0.15, 0.2) is 18.2 Å². The molecule has 0 spiro atoms. The van der Waals surface area contributed by atoms with Crippen LogP contribution in [0.5, 0.6) is 11.5 Å². The van der Waals surface area contributed by atoms with Gasteiger partial charge in [0.15, 0.2) is 11.5 Å². The fourth-order valence-electron chi connectivity index (χ4n) is 3.91. The maximum Gasteiger partial charge on any atom is 0.160 e. The van der Waals surface area contributed by atoms with Crippen LogP contribution in [0.25, 0.3) is 0 Å². The summed E-state index contributed by atoms with van der Waals surface area (Å²) in [5, 5.41) is 0. The normalized spacial score (nSPS) is 25.7. The van der Waals surface area contributed by atoms with E-state index < -0.39 is 0 Å². The predicted molar refractivity (Wildman–Crippen MR) is 99.7 cm³/mol. The quantitative estimate of drug-likeness (QED) is 0.789. The first-order valence-electron chi connectivity index (χ1n) is 9.45. The number of benzene rings is 1. The Balaban J connectivity index is 1.49. The number of rotatable bonds is 6. The van der Waals surface area contributed by atoms with Crippen molar-refractivity contribution < 1.29 is 14.2 Å². The number of hydrogen-bond acceptors (Lipinski definition) is 5. The van der Waals surface area contributed by atoms with E-state index in [4.69, 9.17) is 14.2 Å². The van der Waals surface area contributed by atoms with Crippen molar-refractivity contribution in [2.75, 3.05) is 54.0 Å². The molecule has 3 rings (SSSR count). The van der Waals surface area contributed by atoms with Crippen LogP contribution < -0.4 is 9.47 Å². The van der Waals surface area contributed by atoms with E-state index in [-0.39, 0.29) is 0 Å². The maximum absolute atomic E-state index is 6.34. The molecular weight excluding hydrogens is 316 g/mol. The summed E-state index contributed by atoms with van der Waals surface area (Å²) in [6, 6.07) is 6.16. The second-order valence-electron chi connectivity index (χ2n) is 7.31. The largest absolute Gasteiger partial charge is 0.493 e. The van der Waals surface area contributed by atoms with Gasteiger partial charge in [-0.2, -0.15) is 0 Å². The topological polar surface area (TPSA) is 34.2 Å². The SMILES string of the molecule is COc1ccc(C[C@H]2CC[C@@H](CN3CCCN(C)CC3)O2)cc1OC. The molecule has 0 N–H and O–H groups in total. The third-order valence-electron chi connectivity index (χ3n) is 5.38. The lowest BCUT2D eigenvalue weighted by Crippen LogP contribution is -2.35. The molecule has 0 bridgehead atoms. The van der Waals surface area contributed by atoms with Gasteiger partial charge in [0.05, 0.1) is 26.4 Å². The fourth-order valence-corrected chi connectivity index (χ4v) is 3.91. The third-order valence-corrected chi connectivity index (χ3v) is 5.38. The Morgan fingerprint density at radius 2 is 1.80 bits per heavy atom. The molecule has 0 amide bonds. The molecule has 0 aromatic heterocycles. The summed E-state index contributed by atoms with van der Waals surface area (Å²) in [7, 11) is 5.57. The van der Waals surface area contributed by atoms with Gasteiger partial charge < -0.3 is 19.1 Å². The molecule has 2 atom stereocenters. The lowest BCUT2D eigenvalue weighted by Gasteiger charge is -2.24. The van der Waals surface area contributed by atoms with Crippen LogP contribution in [0.3, 0.4) is 0 Å². The molecule has 0 unspecified atom stereocenters. The van der Waals surface area contributed by atoms with Crippen molar-refractivity contribution in [1.29, 1.82) is 0 Å². The van der Waals surface area contributed by atoms with Crippen LogP contribution in [0.1, 0.15) is 24.8 Å². The summed E-state index contributed by atoms with van der Waals surface area (Å²) in [6.07, 6.45) is 5.22. The van der Waals surface area contributed by atoms with E-state index in [1.807, 2.05) is 6.07 Å². The first-order valence-corrected chi connectivity index (χ1v) is 9.45. The van der Waals surface area contributed by atoms with Crippen LogP contribution in [-0.2, 0) is 11.2 Å². The Morgan fingerprint density at radius 3 is 2.60 bits per heavy atom. The van der Waals surface area contributed by atoms with Gasteiger partial charge in [-0.1, -0.05) is 6.07 Å². The summed E-state index contributed by atoms with van der Waals surface area (Å²) < 4.78 is 17.1. The molecule has 0 radical (unpaired) electrons. The van der Waals surface area contributed by atoms with E-state index in [2.05, 4.69) is 29.0 Å². The van der Waals surface area contributed by atoms with Crippen molar-refractivity contribution >= 4 is 0 Å². The van der Waals surface area contributed by atoms with E-state index in [1.54, 1.807) is 14.2 Å². The number of nitrogens with zero attached hydrogens (tertiary/aromatic N) is 2. The molecule has 2 aliphatic rings. The molecule has 140 valence electrons. The minimum Gasteiger partial charge on any atom is -0.493 e. The lowest BCUT2D eigenvalue weighted by atomic mass is 10.0. The highest BCUT2D eigenvalue weighted by molar-refractivity contribution is 5.43. The van der Waals surface area contributed by atoms with Crippen LogP contribution in [0.4, 0.5) is 0 Å². The molecule has 0 saturated carbocycles. The summed E-state index contributed by atoms with van der Waals surface area (Å²) in [5.74, 6) is 1.57. The molecule has 5 heteroatoms. The molecule has 1 aromatic rings. The highest BCUT2D eigenvalue weighted by Gasteiger charge is 2.27. The molecule has 2 fully saturated rings. The first kappa shape index (κ1) is 18.5. The zero-order valence-electron chi connectivity index (χ0n) is 15.9. The Bertz CT molecular complexity index is 552. The molecule has 25 heavy (non-hydrogen) atoms. The summed E-state index contributed by atoms with van der Waals surface area (Å²) in [5.41, 5.74) is 1.25. The van der Waals surface area contributed by atoms with Gasteiger partial charge in [-0.15, -0.1) is 0 Å². The van der Waals surface area contributed by atoms with Gasteiger partial charge in [-0.25, -0.2) is 0 Å². The molecule has 1 aromatic carbocycles. The fraction of sp³-hybridized carbons (Fsp3) is 0.700. The Hall–Kier alpha value is -1.30. The summed E-state index contributed by atoms with van der Waals surface area (Å²) >= 11 is 0. The standard InChI is InChI=1S/C20H32N2O3/c1-21-9-4-10-22(12-11-21)15-18-7-6-17(25-18)13-16-5-8-19(23-2)20(14-16)24-3/h5,8,14,17-18H,4,6-7,9-13,15H2,1-3H3/t17-,18+/m1/s1. The summed E-state index contributed by atoms with van der Waals surface area (Å²) in [4.78, 5) is 5.00. The highest BCUT2D eigenvalue weighted by atomic mass is 16.5. The monoisotopic (exact) mass is 348 g/mol. The number of hydrogen-bond donors (Lipinski definition) is 0. The van der Waals surface area contributed by atoms with Crippen molar-refractivity contribution in [3.8, 4) is 11.5 Å². The van der Waals surface area contributed by atoms with Crippen LogP contribution >= 0.6 is 0 Å². The Kier molecular flexibility index (Phi) is 6.57. The number of methoxy groups -OCH3 is 2. The highest BCUT2D eigenvalue weighted by Crippen LogP contribution is 2.30. The maximum atomic E-state index is 6.34. The number of likely N-dealkylation sites (N-methyl/N-ethyl adjacent to an activating group) is 1. The van der Waals surface area contributed by atoms with E-state index >= 15 is 0 Å². The molecule has 0 aliphatic carbocycles. The second kappa shape index (κ2) is 8.88. The van der Waals surface area contributed by atoms with Crippen LogP contribution in [0.2, 0.25) is 0 Å². The van der Waals surface area contributed by atoms with Crippen molar-refractivity contribution in [2.45, 2.75) is 37.9 Å². The Labute approximate surface area is 151 Å². The van der Waals surface area contributed by atoms with Gasteiger partial charge in [0.1, 0.15) is 0 Å². The van der Waals surface area contributed by atoms with Crippen LogP contribution in [-0.4, -0.2) is 76.0 Å². The van der Waals surface area contributed by atoms with Crippen LogP contribution in [0, 0.1) is 0 Å². The number of ether oxygens (including phenoxy) is 3. The van der Waals surface area contributed by atoms with E-state index in [9.17, 15) is 0 Å². The van der Waals surface area contributed by atoms with Gasteiger partial charge in [-0.3, -0.25) is 4.90 Å². The molecule has 2 heterocycles. The average molecular weight is 348 g/mol. The summed E-state index contributed by atoms with van der Waals surface area (Å²) in [6.45, 7) is 5.82. The average Bonchev–Trinajstić information content (AvgIpc) is 2.95. The third kappa shape index (κ3) is 5.09. The first-order chi connectivity index (χ1) is 12.2. The molecule has 5 nitrogen and oxygen atoms in total. The van der Waals surface area contributed by atoms with E-state index in [0.29, 0.717) is 12.2 Å². The zero-order chi connectivity index (χ0) is 17.6. The minimum atomic E-state index is 0.317. The molecular formula is C20H32N2O3. The van der Waals surface area contributed by atoms with E-state index in [0.717, 1.165) is 37.4 Å². The minimum absolute atomic E-state index is 0.317. The molecule has 2 saturated heterocycles. The van der Waals surface area contributed by atoms with Crippen molar-refractivity contribution in [1.82, 2.24) is 9.80 Å². The van der Waals surface area contributed by atoms with E-state index in [1.165, 1.54) is 38.0 Å². The molecule has 2 aliphatic heterocycles. The predicted octanol–water partition coefficient (Wildman–Crippen LogP) is 2.43. The van der Waals surface area contributed by atoms with Crippen molar-refractivity contribution in [2.24, 2.45) is 0 Å². The lowest BCUT2D eigenvalue weighted by molar-refractivity contribution is 0.0241. The van der Waals surface area contributed by atoms with Gasteiger partial charge in [0, 0.05) is 19.6 Å².